The molecule has 3 N–H and O–H groups in total. The number of nitrogens with one attached hydrogen (secondary N) is 1. The van der Waals surface area contributed by atoms with Crippen LogP contribution in [0.5, 0.6) is 0 Å². The molecule has 1 aliphatic carbocycles. The van der Waals surface area contributed by atoms with Gasteiger partial charge in [-0.05, 0) is 26.7 Å². The van der Waals surface area contributed by atoms with Crippen molar-refractivity contribution in [2.75, 3.05) is 6.61 Å². The second kappa shape index (κ2) is 6.79. The lowest BCUT2D eigenvalue weighted by molar-refractivity contribution is -0.0898. The minimum Gasteiger partial charge on any atom is -0.374 e. The summed E-state index contributed by atoms with van der Waals surface area (Å²) in [5.74, 6) is 5.82. The van der Waals surface area contributed by atoms with Gasteiger partial charge in [0.2, 0.25) is 0 Å². The van der Waals surface area contributed by atoms with E-state index in [0.29, 0.717) is 0 Å². The summed E-state index contributed by atoms with van der Waals surface area (Å²) in [7, 11) is 0. The van der Waals surface area contributed by atoms with Crippen molar-refractivity contribution in [3.05, 3.63) is 16.1 Å². The standard InChI is InChI=1S/C14H25N3OS/c1-3-18-14(7-5-4-6-8-14)12(17-15)9-13-16-11(2)10-19-13/h10,12,17H,3-9,15H2,1-2H3. The molecule has 1 saturated carbocycles. The van der Waals surface area contributed by atoms with Gasteiger partial charge in [-0.15, -0.1) is 11.3 Å². The molecule has 108 valence electrons. The van der Waals surface area contributed by atoms with Gasteiger partial charge < -0.3 is 4.74 Å². The van der Waals surface area contributed by atoms with Crippen molar-refractivity contribution in [3.8, 4) is 0 Å². The SMILES string of the molecule is CCOC1(C(Cc2nc(C)cs2)NN)CCCCC1. The van der Waals surface area contributed by atoms with Crippen LogP contribution in [0.2, 0.25) is 0 Å². The van der Waals surface area contributed by atoms with Crippen LogP contribution < -0.4 is 11.3 Å². The zero-order chi connectivity index (χ0) is 13.7. The van der Waals surface area contributed by atoms with E-state index in [4.69, 9.17) is 10.6 Å². The first-order valence-corrected chi connectivity index (χ1v) is 8.09. The highest BCUT2D eigenvalue weighted by Crippen LogP contribution is 2.35. The predicted molar refractivity (Wildman–Crippen MR) is 79.1 cm³/mol. The molecule has 1 atom stereocenters. The fourth-order valence-electron chi connectivity index (χ4n) is 3.10. The normalized spacial score (nSPS) is 20.4. The fraction of sp³-hybridized carbons (Fsp3) is 0.786. The molecule has 0 amide bonds. The van der Waals surface area contributed by atoms with E-state index in [1.807, 2.05) is 6.92 Å². The highest BCUT2D eigenvalue weighted by atomic mass is 32.1. The summed E-state index contributed by atoms with van der Waals surface area (Å²) in [6.07, 6.45) is 6.82. The van der Waals surface area contributed by atoms with Gasteiger partial charge in [-0.3, -0.25) is 11.3 Å². The Morgan fingerprint density at radius 1 is 1.47 bits per heavy atom. The Morgan fingerprint density at radius 2 is 2.21 bits per heavy atom. The number of thiazole rings is 1. The summed E-state index contributed by atoms with van der Waals surface area (Å²) in [5.41, 5.74) is 3.97. The van der Waals surface area contributed by atoms with Crippen LogP contribution >= 0.6 is 11.3 Å². The molecule has 1 heterocycles. The molecule has 19 heavy (non-hydrogen) atoms. The number of hydrogen-bond acceptors (Lipinski definition) is 5. The molecule has 0 radical (unpaired) electrons. The fourth-order valence-corrected chi connectivity index (χ4v) is 3.92. The number of nitrogens with two attached hydrogens (primary N) is 1. The van der Waals surface area contributed by atoms with Crippen molar-refractivity contribution in [2.24, 2.45) is 5.84 Å². The van der Waals surface area contributed by atoms with Crippen LogP contribution in [0.25, 0.3) is 0 Å². The van der Waals surface area contributed by atoms with E-state index in [2.05, 4.69) is 22.7 Å². The predicted octanol–water partition coefficient (Wildman–Crippen LogP) is 2.57. The number of ether oxygens (including phenoxy) is 1. The zero-order valence-electron chi connectivity index (χ0n) is 11.9. The van der Waals surface area contributed by atoms with Crippen molar-refractivity contribution < 1.29 is 4.74 Å². The molecular formula is C14H25N3OS. The molecule has 0 bridgehead atoms. The number of hydrogen-bond donors (Lipinski definition) is 2. The zero-order valence-corrected chi connectivity index (χ0v) is 12.8. The summed E-state index contributed by atoms with van der Waals surface area (Å²) >= 11 is 1.71. The van der Waals surface area contributed by atoms with Gasteiger partial charge in [0.05, 0.1) is 16.7 Å². The van der Waals surface area contributed by atoms with Crippen molar-refractivity contribution in [1.82, 2.24) is 10.4 Å². The van der Waals surface area contributed by atoms with Crippen molar-refractivity contribution >= 4 is 11.3 Å². The van der Waals surface area contributed by atoms with E-state index in [1.165, 1.54) is 19.3 Å². The topological polar surface area (TPSA) is 60.2 Å². The molecule has 0 aromatic carbocycles. The summed E-state index contributed by atoms with van der Waals surface area (Å²) in [5, 5.41) is 3.24. The Labute approximate surface area is 119 Å². The van der Waals surface area contributed by atoms with Crippen LogP contribution in [0.4, 0.5) is 0 Å². The third-order valence-corrected chi connectivity index (χ3v) is 5.00. The molecule has 0 saturated heterocycles. The Morgan fingerprint density at radius 3 is 2.74 bits per heavy atom. The van der Waals surface area contributed by atoms with Gasteiger partial charge >= 0.3 is 0 Å². The first-order chi connectivity index (χ1) is 9.20. The largest absolute Gasteiger partial charge is 0.374 e. The molecule has 1 aliphatic rings. The summed E-state index contributed by atoms with van der Waals surface area (Å²) < 4.78 is 6.14. The highest BCUT2D eigenvalue weighted by molar-refractivity contribution is 7.09. The Balaban J connectivity index is 2.12. The quantitative estimate of drug-likeness (QED) is 0.622. The van der Waals surface area contributed by atoms with Gasteiger partial charge in [-0.2, -0.15) is 0 Å². The number of aryl methyl sites for hydroxylation is 1. The van der Waals surface area contributed by atoms with Gasteiger partial charge in [0.1, 0.15) is 0 Å². The van der Waals surface area contributed by atoms with E-state index >= 15 is 0 Å². The number of hydrazine groups is 1. The smallest absolute Gasteiger partial charge is 0.0945 e. The van der Waals surface area contributed by atoms with Crippen LogP contribution in [0.1, 0.15) is 49.7 Å². The number of rotatable bonds is 6. The van der Waals surface area contributed by atoms with Crippen LogP contribution in [0, 0.1) is 6.92 Å². The maximum Gasteiger partial charge on any atom is 0.0945 e. The highest BCUT2D eigenvalue weighted by Gasteiger charge is 2.40. The van der Waals surface area contributed by atoms with Gasteiger partial charge in [0, 0.05) is 24.1 Å². The summed E-state index contributed by atoms with van der Waals surface area (Å²) in [6.45, 7) is 4.84. The van der Waals surface area contributed by atoms with Gasteiger partial charge in [0.15, 0.2) is 0 Å². The van der Waals surface area contributed by atoms with E-state index in [9.17, 15) is 0 Å². The minimum absolute atomic E-state index is 0.110. The second-order valence-electron chi connectivity index (χ2n) is 5.36. The molecule has 1 unspecified atom stereocenters. The lowest BCUT2D eigenvalue weighted by Crippen LogP contribution is -2.57. The van der Waals surface area contributed by atoms with Crippen molar-refractivity contribution in [3.63, 3.8) is 0 Å². The van der Waals surface area contributed by atoms with Crippen molar-refractivity contribution in [1.29, 1.82) is 0 Å². The maximum absolute atomic E-state index is 6.14. The third-order valence-electron chi connectivity index (χ3n) is 4.01. The Hall–Kier alpha value is -0.490. The maximum atomic E-state index is 6.14. The minimum atomic E-state index is -0.110. The molecule has 5 heteroatoms. The van der Waals surface area contributed by atoms with Crippen LogP contribution in [-0.2, 0) is 11.2 Å². The molecule has 2 rings (SSSR count). The molecule has 4 nitrogen and oxygen atoms in total. The molecule has 1 aromatic heterocycles. The van der Waals surface area contributed by atoms with Crippen LogP contribution in [0.3, 0.4) is 0 Å². The first kappa shape index (κ1) is 14.9. The molecule has 1 aromatic rings. The molecular weight excluding hydrogens is 258 g/mol. The summed E-state index contributed by atoms with van der Waals surface area (Å²) in [6, 6.07) is 0.151. The van der Waals surface area contributed by atoms with E-state index in [0.717, 1.165) is 36.6 Å². The average Bonchev–Trinajstić information content (AvgIpc) is 2.83. The average molecular weight is 283 g/mol. The van der Waals surface area contributed by atoms with Crippen LogP contribution in [0.15, 0.2) is 5.38 Å². The third kappa shape index (κ3) is 3.54. The van der Waals surface area contributed by atoms with Gasteiger partial charge in [0.25, 0.3) is 0 Å². The monoisotopic (exact) mass is 283 g/mol. The lowest BCUT2D eigenvalue weighted by atomic mass is 9.78. The van der Waals surface area contributed by atoms with E-state index in [1.54, 1.807) is 11.3 Å². The van der Waals surface area contributed by atoms with E-state index < -0.39 is 0 Å². The number of nitrogens with zero attached hydrogens (tertiary/aromatic N) is 1. The Kier molecular flexibility index (Phi) is 5.33. The summed E-state index contributed by atoms with van der Waals surface area (Å²) in [4.78, 5) is 4.55. The van der Waals surface area contributed by atoms with Gasteiger partial charge in [-0.25, -0.2) is 4.98 Å². The molecule has 0 spiro atoms. The molecule has 1 fully saturated rings. The van der Waals surface area contributed by atoms with Crippen molar-refractivity contribution in [2.45, 2.75) is 64.0 Å². The lowest BCUT2D eigenvalue weighted by Gasteiger charge is -2.42. The van der Waals surface area contributed by atoms with Gasteiger partial charge in [-0.1, -0.05) is 19.3 Å². The molecule has 0 aliphatic heterocycles. The first-order valence-electron chi connectivity index (χ1n) is 7.21. The Bertz CT molecular complexity index is 382. The second-order valence-corrected chi connectivity index (χ2v) is 6.31. The number of aromatic nitrogens is 1. The van der Waals surface area contributed by atoms with E-state index in [-0.39, 0.29) is 11.6 Å². The van der Waals surface area contributed by atoms with Crippen LogP contribution in [-0.4, -0.2) is 23.2 Å².